The van der Waals surface area contributed by atoms with E-state index in [1.165, 1.54) is 18.2 Å². The van der Waals surface area contributed by atoms with Crippen LogP contribution >= 0.6 is 23.2 Å². The molecule has 0 spiro atoms. The first kappa shape index (κ1) is 23.3. The number of carbonyl (C=O) groups excluding carboxylic acids is 1. The summed E-state index contributed by atoms with van der Waals surface area (Å²) in [5.74, 6) is -0.443. The average Bonchev–Trinajstić information content (AvgIpc) is 2.76. The molecule has 0 radical (unpaired) electrons. The smallest absolute Gasteiger partial charge is 0.242 e. The number of hydrogen-bond donors (Lipinski definition) is 2. The van der Waals surface area contributed by atoms with Gasteiger partial charge >= 0.3 is 0 Å². The molecule has 31 heavy (non-hydrogen) atoms. The molecule has 0 aliphatic carbocycles. The fourth-order valence-corrected chi connectivity index (χ4v) is 5.07. The van der Waals surface area contributed by atoms with Crippen molar-refractivity contribution in [1.29, 1.82) is 0 Å². The zero-order valence-corrected chi connectivity index (χ0v) is 19.1. The van der Waals surface area contributed by atoms with Crippen molar-refractivity contribution in [2.24, 2.45) is 0 Å². The van der Waals surface area contributed by atoms with Gasteiger partial charge in [-0.2, -0.15) is 4.72 Å². The first-order valence-electron chi connectivity index (χ1n) is 9.63. The first-order valence-corrected chi connectivity index (χ1v) is 11.9. The monoisotopic (exact) mass is 476 g/mol. The molecule has 3 aromatic carbocycles. The van der Waals surface area contributed by atoms with Crippen LogP contribution in [0.2, 0.25) is 10.0 Å². The zero-order valence-electron chi connectivity index (χ0n) is 16.8. The van der Waals surface area contributed by atoms with Crippen molar-refractivity contribution >= 4 is 39.1 Å². The molecular formula is C23H22Cl2N2O3S. The highest BCUT2D eigenvalue weighted by molar-refractivity contribution is 7.89. The minimum atomic E-state index is -4.11. The lowest BCUT2D eigenvalue weighted by molar-refractivity contribution is -0.123. The van der Waals surface area contributed by atoms with Crippen molar-refractivity contribution in [3.8, 4) is 0 Å². The maximum atomic E-state index is 13.1. The highest BCUT2D eigenvalue weighted by atomic mass is 35.5. The van der Waals surface area contributed by atoms with Gasteiger partial charge in [0.1, 0.15) is 10.9 Å². The van der Waals surface area contributed by atoms with Crippen LogP contribution in [0.5, 0.6) is 0 Å². The summed E-state index contributed by atoms with van der Waals surface area (Å²) in [6.45, 7) is 1.84. The molecule has 0 saturated heterocycles. The Morgan fingerprint density at radius 3 is 2.19 bits per heavy atom. The molecule has 3 aromatic rings. The molecule has 2 N–H and O–H groups in total. The third kappa shape index (κ3) is 6.31. The normalized spacial score (nSPS) is 13.4. The van der Waals surface area contributed by atoms with E-state index >= 15 is 0 Å². The topological polar surface area (TPSA) is 75.3 Å². The zero-order chi connectivity index (χ0) is 22.4. The SMILES string of the molecule is C[C@H](NC(=O)[C@H](Cc1ccccc1)NS(=O)(=O)c1cc(Cl)ccc1Cl)c1ccccc1. The van der Waals surface area contributed by atoms with Gasteiger partial charge in [0.05, 0.1) is 11.1 Å². The molecule has 3 rings (SSSR count). The Morgan fingerprint density at radius 1 is 0.935 bits per heavy atom. The van der Waals surface area contributed by atoms with Gasteiger partial charge in [0.25, 0.3) is 0 Å². The minimum absolute atomic E-state index is 0.0217. The molecule has 0 aliphatic heterocycles. The van der Waals surface area contributed by atoms with Gasteiger partial charge in [0, 0.05) is 5.02 Å². The van der Waals surface area contributed by atoms with Gasteiger partial charge in [-0.3, -0.25) is 4.79 Å². The van der Waals surface area contributed by atoms with Crippen molar-refractivity contribution in [1.82, 2.24) is 10.0 Å². The molecule has 2 atom stereocenters. The first-order chi connectivity index (χ1) is 14.8. The van der Waals surface area contributed by atoms with Crippen LogP contribution in [0.15, 0.2) is 83.8 Å². The predicted octanol–water partition coefficient (Wildman–Crippen LogP) is 4.76. The standard InChI is InChI=1S/C23H22Cl2N2O3S/c1-16(18-10-6-3-7-11-18)26-23(28)21(14-17-8-4-2-5-9-17)27-31(29,30)22-15-19(24)12-13-20(22)25/h2-13,15-16,21,27H,14H2,1H3,(H,26,28)/t16-,21-/m0/s1. The fourth-order valence-electron chi connectivity index (χ4n) is 3.11. The number of hydrogen-bond acceptors (Lipinski definition) is 3. The van der Waals surface area contributed by atoms with Crippen molar-refractivity contribution in [3.05, 3.63) is 100 Å². The molecular weight excluding hydrogens is 455 g/mol. The van der Waals surface area contributed by atoms with Crippen LogP contribution in [-0.4, -0.2) is 20.4 Å². The van der Waals surface area contributed by atoms with Crippen molar-refractivity contribution in [2.45, 2.75) is 30.3 Å². The number of rotatable bonds is 8. The van der Waals surface area contributed by atoms with Gasteiger partial charge in [0.15, 0.2) is 0 Å². The van der Waals surface area contributed by atoms with E-state index in [1.54, 1.807) is 0 Å². The number of sulfonamides is 1. The summed E-state index contributed by atoms with van der Waals surface area (Å²) >= 11 is 12.0. The molecule has 0 bridgehead atoms. The number of amides is 1. The quantitative estimate of drug-likeness (QED) is 0.491. The Kier molecular flexibility index (Phi) is 7.73. The van der Waals surface area contributed by atoms with E-state index in [0.29, 0.717) is 0 Å². The van der Waals surface area contributed by atoms with Crippen LogP contribution < -0.4 is 10.0 Å². The summed E-state index contributed by atoms with van der Waals surface area (Å²) in [4.78, 5) is 12.9. The number of benzene rings is 3. The van der Waals surface area contributed by atoms with Crippen LogP contribution in [0.3, 0.4) is 0 Å². The van der Waals surface area contributed by atoms with E-state index in [9.17, 15) is 13.2 Å². The van der Waals surface area contributed by atoms with Crippen molar-refractivity contribution in [3.63, 3.8) is 0 Å². The Bertz CT molecular complexity index is 1140. The van der Waals surface area contributed by atoms with E-state index in [1.807, 2.05) is 67.6 Å². The Morgan fingerprint density at radius 2 is 1.55 bits per heavy atom. The lowest BCUT2D eigenvalue weighted by atomic mass is 10.0. The van der Waals surface area contributed by atoms with Gasteiger partial charge in [0.2, 0.25) is 15.9 Å². The Hall–Kier alpha value is -2.38. The largest absolute Gasteiger partial charge is 0.348 e. The van der Waals surface area contributed by atoms with Gasteiger partial charge in [-0.05, 0) is 42.7 Å². The third-order valence-electron chi connectivity index (χ3n) is 4.74. The van der Waals surface area contributed by atoms with Gasteiger partial charge < -0.3 is 5.32 Å². The second kappa shape index (κ2) is 10.3. The predicted molar refractivity (Wildman–Crippen MR) is 124 cm³/mol. The molecule has 0 heterocycles. The Balaban J connectivity index is 1.87. The minimum Gasteiger partial charge on any atom is -0.348 e. The molecule has 0 aliphatic rings. The third-order valence-corrected chi connectivity index (χ3v) is 6.93. The van der Waals surface area contributed by atoms with Gasteiger partial charge in [-0.15, -0.1) is 0 Å². The number of halogens is 2. The molecule has 5 nitrogen and oxygen atoms in total. The van der Waals surface area contributed by atoms with Crippen LogP contribution in [0.25, 0.3) is 0 Å². The molecule has 0 fully saturated rings. The molecule has 8 heteroatoms. The summed E-state index contributed by atoms with van der Waals surface area (Å²) in [7, 11) is -4.11. The van der Waals surface area contributed by atoms with E-state index in [4.69, 9.17) is 23.2 Å². The van der Waals surface area contributed by atoms with E-state index < -0.39 is 22.0 Å². The summed E-state index contributed by atoms with van der Waals surface area (Å²) in [6.07, 6.45) is 0.172. The average molecular weight is 477 g/mol. The number of nitrogens with one attached hydrogen (secondary N) is 2. The maximum Gasteiger partial charge on any atom is 0.242 e. The molecule has 0 unspecified atom stereocenters. The van der Waals surface area contributed by atoms with Crippen molar-refractivity contribution in [2.75, 3.05) is 0 Å². The van der Waals surface area contributed by atoms with Gasteiger partial charge in [-0.25, -0.2) is 8.42 Å². The summed E-state index contributed by atoms with van der Waals surface area (Å²) in [5.41, 5.74) is 1.73. The highest BCUT2D eigenvalue weighted by Crippen LogP contribution is 2.25. The summed E-state index contributed by atoms with van der Waals surface area (Å²) in [6, 6.07) is 21.4. The molecule has 162 valence electrons. The Labute approximate surface area is 192 Å². The molecule has 0 aromatic heterocycles. The lowest BCUT2D eigenvalue weighted by Crippen LogP contribution is -2.48. The van der Waals surface area contributed by atoms with E-state index in [2.05, 4.69) is 10.0 Å². The molecule has 0 saturated carbocycles. The second-order valence-corrected chi connectivity index (χ2v) is 9.61. The second-order valence-electron chi connectivity index (χ2n) is 7.08. The van der Waals surface area contributed by atoms with Crippen molar-refractivity contribution < 1.29 is 13.2 Å². The van der Waals surface area contributed by atoms with Crippen LogP contribution in [0.1, 0.15) is 24.1 Å². The van der Waals surface area contributed by atoms with Gasteiger partial charge in [-0.1, -0.05) is 83.9 Å². The van der Waals surface area contributed by atoms with Crippen LogP contribution in [0, 0.1) is 0 Å². The summed E-state index contributed by atoms with van der Waals surface area (Å²) in [5, 5.41) is 3.14. The lowest BCUT2D eigenvalue weighted by Gasteiger charge is -2.22. The van der Waals surface area contributed by atoms with Crippen LogP contribution in [0.4, 0.5) is 0 Å². The van der Waals surface area contributed by atoms with E-state index in [-0.39, 0.29) is 27.4 Å². The molecule has 1 amide bonds. The van der Waals surface area contributed by atoms with E-state index in [0.717, 1.165) is 11.1 Å². The number of carbonyl (C=O) groups is 1. The van der Waals surface area contributed by atoms with Crippen LogP contribution in [-0.2, 0) is 21.2 Å². The highest BCUT2D eigenvalue weighted by Gasteiger charge is 2.28. The summed E-state index contributed by atoms with van der Waals surface area (Å²) < 4.78 is 28.6. The fraction of sp³-hybridized carbons (Fsp3) is 0.174. The maximum absolute atomic E-state index is 13.1.